The largest absolute Gasteiger partial charge is 0.396 e. The van der Waals surface area contributed by atoms with Crippen molar-refractivity contribution in [3.63, 3.8) is 0 Å². The summed E-state index contributed by atoms with van der Waals surface area (Å²) in [5.41, 5.74) is 0.794. The lowest BCUT2D eigenvalue weighted by atomic mass is 10.1. The first-order valence-electron chi connectivity index (χ1n) is 5.82. The second-order valence-corrected chi connectivity index (χ2v) is 4.24. The van der Waals surface area contributed by atoms with Crippen molar-refractivity contribution in [1.82, 2.24) is 5.32 Å². The van der Waals surface area contributed by atoms with Gasteiger partial charge in [-0.3, -0.25) is 4.79 Å². The van der Waals surface area contributed by atoms with E-state index in [4.69, 9.17) is 5.11 Å². The van der Waals surface area contributed by atoms with Crippen molar-refractivity contribution in [1.29, 1.82) is 0 Å². The highest BCUT2D eigenvalue weighted by Crippen LogP contribution is 2.04. The van der Waals surface area contributed by atoms with E-state index in [9.17, 15) is 4.79 Å². The normalized spacial score (nSPS) is 14.1. The summed E-state index contributed by atoms with van der Waals surface area (Å²) in [7, 11) is 0. The van der Waals surface area contributed by atoms with Crippen LogP contribution in [0.5, 0.6) is 0 Å². The predicted octanol–water partition coefficient (Wildman–Crippen LogP) is 1.23. The van der Waals surface area contributed by atoms with E-state index in [1.54, 1.807) is 0 Å². The Morgan fingerprint density at radius 3 is 2.53 bits per heavy atom. The van der Waals surface area contributed by atoms with Crippen LogP contribution in [0.25, 0.3) is 0 Å². The van der Waals surface area contributed by atoms with Gasteiger partial charge in [-0.15, -0.1) is 0 Å². The van der Waals surface area contributed by atoms with Crippen LogP contribution in [-0.2, 0) is 4.79 Å². The standard InChI is InChI=1S/C13H20N2O2/c1-10(9-16)11(2)14-8-13(17)15-12-6-4-3-5-7-12/h3-7,10-11,14,16H,8-9H2,1-2H3,(H,15,17). The molecule has 0 radical (unpaired) electrons. The molecule has 1 aromatic carbocycles. The summed E-state index contributed by atoms with van der Waals surface area (Å²) in [5, 5.41) is 14.8. The van der Waals surface area contributed by atoms with Crippen molar-refractivity contribution in [3.05, 3.63) is 30.3 Å². The van der Waals surface area contributed by atoms with Crippen LogP contribution in [0, 0.1) is 5.92 Å². The molecule has 0 spiro atoms. The van der Waals surface area contributed by atoms with Crippen molar-refractivity contribution < 1.29 is 9.90 Å². The minimum atomic E-state index is -0.0758. The van der Waals surface area contributed by atoms with E-state index in [0.717, 1.165) is 5.69 Å². The van der Waals surface area contributed by atoms with Gasteiger partial charge < -0.3 is 15.7 Å². The Labute approximate surface area is 102 Å². The number of para-hydroxylation sites is 1. The topological polar surface area (TPSA) is 61.4 Å². The Balaban J connectivity index is 2.31. The minimum absolute atomic E-state index is 0.0758. The molecule has 0 aromatic heterocycles. The molecule has 0 saturated heterocycles. The molecule has 1 amide bonds. The molecule has 0 aliphatic rings. The Morgan fingerprint density at radius 2 is 1.94 bits per heavy atom. The molecule has 0 aliphatic heterocycles. The van der Waals surface area contributed by atoms with E-state index >= 15 is 0 Å². The Kier molecular flexibility index (Phi) is 5.66. The maximum Gasteiger partial charge on any atom is 0.238 e. The SMILES string of the molecule is CC(CO)C(C)NCC(=O)Nc1ccccc1. The number of anilines is 1. The lowest BCUT2D eigenvalue weighted by Crippen LogP contribution is -2.39. The Morgan fingerprint density at radius 1 is 1.29 bits per heavy atom. The number of benzene rings is 1. The second kappa shape index (κ2) is 7.04. The fourth-order valence-corrected chi connectivity index (χ4v) is 1.34. The molecule has 2 unspecified atom stereocenters. The number of rotatable bonds is 6. The first-order chi connectivity index (χ1) is 8.13. The van der Waals surface area contributed by atoms with Crippen molar-refractivity contribution in [3.8, 4) is 0 Å². The number of hydrogen-bond donors (Lipinski definition) is 3. The molecule has 0 fully saturated rings. The number of amides is 1. The fraction of sp³-hybridized carbons (Fsp3) is 0.462. The third-order valence-electron chi connectivity index (χ3n) is 2.78. The Bertz CT molecular complexity index is 341. The van der Waals surface area contributed by atoms with E-state index in [-0.39, 0.29) is 31.0 Å². The highest BCUT2D eigenvalue weighted by atomic mass is 16.3. The van der Waals surface area contributed by atoms with Crippen LogP contribution in [0.15, 0.2) is 30.3 Å². The van der Waals surface area contributed by atoms with Crippen LogP contribution in [-0.4, -0.2) is 30.2 Å². The summed E-state index contributed by atoms with van der Waals surface area (Å²) in [5.74, 6) is 0.0627. The number of carbonyl (C=O) groups excluding carboxylic acids is 1. The fourth-order valence-electron chi connectivity index (χ4n) is 1.34. The van der Waals surface area contributed by atoms with Gasteiger partial charge in [-0.05, 0) is 25.0 Å². The quantitative estimate of drug-likeness (QED) is 0.696. The molecule has 0 aliphatic carbocycles. The summed E-state index contributed by atoms with van der Waals surface area (Å²) in [6.45, 7) is 4.26. The third-order valence-corrected chi connectivity index (χ3v) is 2.78. The van der Waals surface area contributed by atoms with Crippen molar-refractivity contribution in [2.24, 2.45) is 5.92 Å². The highest BCUT2D eigenvalue weighted by molar-refractivity contribution is 5.92. The molecule has 1 rings (SSSR count). The first-order valence-corrected chi connectivity index (χ1v) is 5.82. The van der Waals surface area contributed by atoms with Crippen molar-refractivity contribution >= 4 is 11.6 Å². The summed E-state index contributed by atoms with van der Waals surface area (Å²) in [6.07, 6.45) is 0. The van der Waals surface area contributed by atoms with Gasteiger partial charge in [0.15, 0.2) is 0 Å². The lowest BCUT2D eigenvalue weighted by molar-refractivity contribution is -0.115. The molecule has 94 valence electrons. The van der Waals surface area contributed by atoms with Gasteiger partial charge in [0.25, 0.3) is 0 Å². The van der Waals surface area contributed by atoms with E-state index in [2.05, 4.69) is 10.6 Å². The number of nitrogens with one attached hydrogen (secondary N) is 2. The molecule has 1 aromatic rings. The van der Waals surface area contributed by atoms with Crippen LogP contribution >= 0.6 is 0 Å². The number of hydrogen-bond acceptors (Lipinski definition) is 3. The zero-order valence-corrected chi connectivity index (χ0v) is 10.3. The summed E-state index contributed by atoms with van der Waals surface area (Å²) < 4.78 is 0. The van der Waals surface area contributed by atoms with E-state index < -0.39 is 0 Å². The maximum atomic E-state index is 11.6. The number of carbonyl (C=O) groups is 1. The Hall–Kier alpha value is -1.39. The van der Waals surface area contributed by atoms with Gasteiger partial charge in [-0.1, -0.05) is 25.1 Å². The smallest absolute Gasteiger partial charge is 0.238 e. The van der Waals surface area contributed by atoms with Crippen LogP contribution in [0.1, 0.15) is 13.8 Å². The molecular formula is C13H20N2O2. The average molecular weight is 236 g/mol. The maximum absolute atomic E-state index is 11.6. The molecule has 0 heterocycles. The zero-order valence-electron chi connectivity index (χ0n) is 10.3. The summed E-state index contributed by atoms with van der Waals surface area (Å²) in [4.78, 5) is 11.6. The van der Waals surface area contributed by atoms with Gasteiger partial charge in [0.05, 0.1) is 6.54 Å². The van der Waals surface area contributed by atoms with Crippen molar-refractivity contribution in [2.75, 3.05) is 18.5 Å². The highest BCUT2D eigenvalue weighted by Gasteiger charge is 2.11. The van der Waals surface area contributed by atoms with E-state index in [1.807, 2.05) is 44.2 Å². The van der Waals surface area contributed by atoms with Gasteiger partial charge in [0.2, 0.25) is 5.91 Å². The first kappa shape index (κ1) is 13.7. The van der Waals surface area contributed by atoms with Gasteiger partial charge in [0, 0.05) is 18.3 Å². The monoisotopic (exact) mass is 236 g/mol. The molecule has 4 nitrogen and oxygen atoms in total. The van der Waals surface area contributed by atoms with Crippen LogP contribution in [0.3, 0.4) is 0 Å². The summed E-state index contributed by atoms with van der Waals surface area (Å²) >= 11 is 0. The minimum Gasteiger partial charge on any atom is -0.396 e. The molecule has 4 heteroatoms. The molecular weight excluding hydrogens is 216 g/mol. The second-order valence-electron chi connectivity index (χ2n) is 4.24. The van der Waals surface area contributed by atoms with Crippen LogP contribution < -0.4 is 10.6 Å². The summed E-state index contributed by atoms with van der Waals surface area (Å²) in [6, 6.07) is 9.45. The van der Waals surface area contributed by atoms with E-state index in [0.29, 0.717) is 0 Å². The molecule has 0 saturated carbocycles. The molecule has 17 heavy (non-hydrogen) atoms. The van der Waals surface area contributed by atoms with Gasteiger partial charge in [-0.25, -0.2) is 0 Å². The van der Waals surface area contributed by atoms with Gasteiger partial charge >= 0.3 is 0 Å². The number of aliphatic hydroxyl groups is 1. The van der Waals surface area contributed by atoms with Crippen LogP contribution in [0.2, 0.25) is 0 Å². The lowest BCUT2D eigenvalue weighted by Gasteiger charge is -2.18. The average Bonchev–Trinajstić information content (AvgIpc) is 2.36. The zero-order chi connectivity index (χ0) is 12.7. The predicted molar refractivity (Wildman–Crippen MR) is 68.8 cm³/mol. The van der Waals surface area contributed by atoms with E-state index in [1.165, 1.54) is 0 Å². The number of aliphatic hydroxyl groups excluding tert-OH is 1. The van der Waals surface area contributed by atoms with Crippen LogP contribution in [0.4, 0.5) is 5.69 Å². The molecule has 3 N–H and O–H groups in total. The third kappa shape index (κ3) is 4.97. The van der Waals surface area contributed by atoms with Gasteiger partial charge in [-0.2, -0.15) is 0 Å². The molecule has 2 atom stereocenters. The van der Waals surface area contributed by atoms with Gasteiger partial charge in [0.1, 0.15) is 0 Å². The molecule has 0 bridgehead atoms. The van der Waals surface area contributed by atoms with Crippen molar-refractivity contribution in [2.45, 2.75) is 19.9 Å².